The van der Waals surface area contributed by atoms with Gasteiger partial charge in [-0.1, -0.05) is 186 Å². The summed E-state index contributed by atoms with van der Waals surface area (Å²) in [7, 11) is 0. The van der Waals surface area contributed by atoms with Crippen molar-refractivity contribution in [1.29, 1.82) is 0 Å². The maximum absolute atomic E-state index is 2.59. The Morgan fingerprint density at radius 1 is 0.449 bits per heavy atom. The van der Waals surface area contributed by atoms with Gasteiger partial charge in [-0.2, -0.15) is 0 Å². The molecule has 8 rings (SSSR count). The minimum Gasteiger partial charge on any atom is -0.0625 e. The first kappa shape index (κ1) is 31.6. The van der Waals surface area contributed by atoms with Crippen molar-refractivity contribution < 1.29 is 0 Å². The third-order valence-electron chi connectivity index (χ3n) is 11.2. The van der Waals surface area contributed by atoms with Gasteiger partial charge in [0, 0.05) is 11.8 Å². The van der Waals surface area contributed by atoms with E-state index in [1.807, 2.05) is 0 Å². The predicted octanol–water partition coefficient (Wildman–Crippen LogP) is 14.1. The van der Waals surface area contributed by atoms with Crippen LogP contribution in [0.3, 0.4) is 0 Å². The Balaban J connectivity index is 1.30. The molecule has 0 spiro atoms. The number of allylic oxidation sites excluding steroid dienone is 2. The Labute approximate surface area is 293 Å². The fourth-order valence-electron chi connectivity index (χ4n) is 9.54. The summed E-state index contributed by atoms with van der Waals surface area (Å²) in [5.41, 5.74) is 14.3. The Morgan fingerprint density at radius 2 is 0.816 bits per heavy atom. The van der Waals surface area contributed by atoms with E-state index in [-0.39, 0.29) is 5.41 Å². The molecule has 0 amide bonds. The Morgan fingerprint density at radius 3 is 1.24 bits per heavy atom. The summed E-state index contributed by atoms with van der Waals surface area (Å²) in [5, 5.41) is 5.25. The maximum atomic E-state index is 2.59. The molecular formula is C49H48. The molecule has 0 bridgehead atoms. The zero-order chi connectivity index (χ0) is 33.9. The summed E-state index contributed by atoms with van der Waals surface area (Å²) in [6.45, 7) is 14.7. The second kappa shape index (κ2) is 12.3. The van der Waals surface area contributed by atoms with Crippen LogP contribution in [0.2, 0.25) is 0 Å². The van der Waals surface area contributed by atoms with Crippen LogP contribution in [-0.2, 0) is 0 Å². The second-order valence-corrected chi connectivity index (χ2v) is 16.0. The molecule has 2 aliphatic rings. The zero-order valence-electron chi connectivity index (χ0n) is 29.9. The van der Waals surface area contributed by atoms with Gasteiger partial charge >= 0.3 is 0 Å². The van der Waals surface area contributed by atoms with Gasteiger partial charge < -0.3 is 0 Å². The van der Waals surface area contributed by atoms with Crippen LogP contribution in [0, 0.1) is 17.3 Å². The van der Waals surface area contributed by atoms with Crippen LogP contribution in [0.1, 0.15) is 88.5 Å². The van der Waals surface area contributed by atoms with Crippen molar-refractivity contribution in [1.82, 2.24) is 0 Å². The summed E-state index contributed by atoms with van der Waals surface area (Å²) >= 11 is 0. The van der Waals surface area contributed by atoms with Crippen LogP contribution in [-0.4, -0.2) is 0 Å². The number of hydrogen-bond donors (Lipinski definition) is 0. The van der Waals surface area contributed by atoms with Gasteiger partial charge in [0.2, 0.25) is 0 Å². The van der Waals surface area contributed by atoms with Crippen molar-refractivity contribution in [3.05, 3.63) is 155 Å². The van der Waals surface area contributed by atoms with Crippen LogP contribution in [0.15, 0.2) is 132 Å². The van der Waals surface area contributed by atoms with Crippen LogP contribution in [0.5, 0.6) is 0 Å². The molecule has 0 aliphatic heterocycles. The quantitative estimate of drug-likeness (QED) is 0.156. The van der Waals surface area contributed by atoms with E-state index in [9.17, 15) is 0 Å². The molecule has 49 heavy (non-hydrogen) atoms. The first-order chi connectivity index (χ1) is 23.7. The Kier molecular flexibility index (Phi) is 7.95. The third kappa shape index (κ3) is 5.37. The molecule has 0 saturated heterocycles. The molecule has 6 aromatic rings. The normalized spacial score (nSPS) is 17.1. The van der Waals surface area contributed by atoms with Gasteiger partial charge in [0.1, 0.15) is 0 Å². The van der Waals surface area contributed by atoms with Crippen LogP contribution in [0.4, 0.5) is 0 Å². The lowest BCUT2D eigenvalue weighted by atomic mass is 9.61. The van der Waals surface area contributed by atoms with Crippen molar-refractivity contribution in [2.45, 2.75) is 66.2 Å². The molecular weight excluding hydrogens is 589 g/mol. The standard InChI is InChI=1S/C49H48/c1-31(2)27-35-29-45-41(39-21-11-17-33-15-7-9-19-37(33)39)23-13-25-43(45)47(35)49(5,6)48-36(28-32(3)4)30-46-42(24-14-26-44(46)48)40-22-12-18-34-16-8-10-20-38(34)40/h7-26,29-32,47-48H,27-28H2,1-6H3. The molecule has 244 valence electrons. The lowest BCUT2D eigenvalue weighted by Gasteiger charge is -2.42. The molecule has 0 saturated carbocycles. The summed E-state index contributed by atoms with van der Waals surface area (Å²) < 4.78 is 0. The van der Waals surface area contributed by atoms with Crippen LogP contribution in [0.25, 0.3) is 56.0 Å². The summed E-state index contributed by atoms with van der Waals surface area (Å²) in [4.78, 5) is 0. The summed E-state index contributed by atoms with van der Waals surface area (Å²) in [6.07, 6.45) is 7.40. The van der Waals surface area contributed by atoms with E-state index < -0.39 is 0 Å². The first-order valence-electron chi connectivity index (χ1n) is 18.4. The molecule has 0 heterocycles. The number of benzene rings is 6. The fourth-order valence-corrected chi connectivity index (χ4v) is 9.54. The second-order valence-electron chi connectivity index (χ2n) is 16.0. The topological polar surface area (TPSA) is 0 Å². The molecule has 0 N–H and O–H groups in total. The molecule has 0 fully saturated rings. The Bertz CT molecular complexity index is 2100. The van der Waals surface area contributed by atoms with Crippen LogP contribution >= 0.6 is 0 Å². The highest BCUT2D eigenvalue weighted by Gasteiger charge is 2.47. The SMILES string of the molecule is CC(C)CC1=Cc2c(-c3cccc4ccccc34)cccc2C1C(C)(C)C1C(CC(C)C)=Cc2c(-c3cccc4ccccc34)cccc21. The number of fused-ring (bicyclic) bond motifs is 4. The fraction of sp³-hybridized carbons (Fsp3) is 0.265. The number of rotatable bonds is 8. The van der Waals surface area contributed by atoms with E-state index in [1.54, 1.807) is 11.1 Å². The minimum atomic E-state index is -0.0489. The van der Waals surface area contributed by atoms with Gasteiger partial charge in [0.05, 0.1) is 0 Å². The largest absolute Gasteiger partial charge is 0.0625 e. The third-order valence-corrected chi connectivity index (χ3v) is 11.2. The maximum Gasteiger partial charge on any atom is 0.0118 e. The van der Waals surface area contributed by atoms with Crippen molar-refractivity contribution in [2.75, 3.05) is 0 Å². The minimum absolute atomic E-state index is 0.0489. The van der Waals surface area contributed by atoms with Gasteiger partial charge in [-0.05, 0) is 96.1 Å². The molecule has 0 nitrogen and oxygen atoms in total. The average Bonchev–Trinajstić information content (AvgIpc) is 3.65. The van der Waals surface area contributed by atoms with Gasteiger partial charge in [-0.15, -0.1) is 0 Å². The molecule has 0 heteroatoms. The van der Waals surface area contributed by atoms with Gasteiger partial charge in [-0.25, -0.2) is 0 Å². The zero-order valence-corrected chi connectivity index (χ0v) is 29.9. The van der Waals surface area contributed by atoms with Crippen molar-refractivity contribution in [3.8, 4) is 22.3 Å². The van der Waals surface area contributed by atoms with Crippen molar-refractivity contribution >= 4 is 33.7 Å². The van der Waals surface area contributed by atoms with E-state index in [4.69, 9.17) is 0 Å². The molecule has 2 atom stereocenters. The monoisotopic (exact) mass is 636 g/mol. The van der Waals surface area contributed by atoms with E-state index in [0.717, 1.165) is 12.8 Å². The van der Waals surface area contributed by atoms with Gasteiger partial charge in [-0.3, -0.25) is 0 Å². The molecule has 2 aliphatic carbocycles. The summed E-state index contributed by atoms with van der Waals surface area (Å²) in [6, 6.07) is 45.4. The van der Waals surface area contributed by atoms with E-state index in [0.29, 0.717) is 23.7 Å². The molecule has 0 radical (unpaired) electrons. The molecule has 6 aromatic carbocycles. The Hall–Kier alpha value is -4.68. The average molecular weight is 637 g/mol. The van der Waals surface area contributed by atoms with E-state index >= 15 is 0 Å². The molecule has 2 unspecified atom stereocenters. The summed E-state index contributed by atoms with van der Waals surface area (Å²) in [5.74, 6) is 1.82. The van der Waals surface area contributed by atoms with Gasteiger partial charge in [0.15, 0.2) is 0 Å². The lowest BCUT2D eigenvalue weighted by molar-refractivity contribution is 0.263. The molecule has 0 aromatic heterocycles. The van der Waals surface area contributed by atoms with E-state index in [1.165, 1.54) is 66.1 Å². The number of hydrogen-bond acceptors (Lipinski definition) is 0. The van der Waals surface area contributed by atoms with Crippen molar-refractivity contribution in [3.63, 3.8) is 0 Å². The predicted molar refractivity (Wildman–Crippen MR) is 213 cm³/mol. The van der Waals surface area contributed by atoms with Crippen LogP contribution < -0.4 is 0 Å². The van der Waals surface area contributed by atoms with E-state index in [2.05, 4.69) is 175 Å². The highest BCUT2D eigenvalue weighted by atomic mass is 14.5. The first-order valence-corrected chi connectivity index (χ1v) is 18.4. The smallest absolute Gasteiger partial charge is 0.0118 e. The lowest BCUT2D eigenvalue weighted by Crippen LogP contribution is -2.31. The highest BCUT2D eigenvalue weighted by Crippen LogP contribution is 2.61. The van der Waals surface area contributed by atoms with Crippen molar-refractivity contribution in [2.24, 2.45) is 17.3 Å². The van der Waals surface area contributed by atoms with Gasteiger partial charge in [0.25, 0.3) is 0 Å². The highest BCUT2D eigenvalue weighted by molar-refractivity contribution is 6.01.